The Morgan fingerprint density at radius 1 is 1.54 bits per heavy atom. The van der Waals surface area contributed by atoms with Crippen LogP contribution < -0.4 is 5.32 Å². The Balaban J connectivity index is 2.13. The van der Waals surface area contributed by atoms with Gasteiger partial charge in [-0.1, -0.05) is 26.0 Å². The van der Waals surface area contributed by atoms with Crippen LogP contribution in [0.25, 0.3) is 0 Å². The van der Waals surface area contributed by atoms with Gasteiger partial charge in [-0.15, -0.1) is 0 Å². The van der Waals surface area contributed by atoms with E-state index in [4.69, 9.17) is 0 Å². The number of aliphatic hydroxyl groups excluding tert-OH is 1. The van der Waals surface area contributed by atoms with Crippen molar-refractivity contribution in [3.63, 3.8) is 0 Å². The van der Waals surface area contributed by atoms with Gasteiger partial charge in [0.15, 0.2) is 0 Å². The second-order valence-corrected chi connectivity index (χ2v) is 4.80. The zero-order chi connectivity index (χ0) is 9.47. The summed E-state index contributed by atoms with van der Waals surface area (Å²) >= 11 is 0. The van der Waals surface area contributed by atoms with Gasteiger partial charge in [-0.3, -0.25) is 0 Å². The minimum absolute atomic E-state index is 0.00637. The molecular formula is C11H19NO. The standard InChI is InChI=1S/C11H19NO/c1-8(2)12-11(7-13)6-9-3-4-10(11)5-9/h3-4,8-10,12-13H,5-7H2,1-2H3/t9-,10+,11+/m0/s1. The third kappa shape index (κ3) is 1.42. The Labute approximate surface area is 80.0 Å². The first-order chi connectivity index (χ1) is 6.16. The lowest BCUT2D eigenvalue weighted by atomic mass is 9.84. The van der Waals surface area contributed by atoms with Crippen molar-refractivity contribution in [2.75, 3.05) is 6.61 Å². The second-order valence-electron chi connectivity index (χ2n) is 4.80. The van der Waals surface area contributed by atoms with Crippen LogP contribution in [0.2, 0.25) is 0 Å². The molecule has 2 aliphatic carbocycles. The molecule has 2 nitrogen and oxygen atoms in total. The summed E-state index contributed by atoms with van der Waals surface area (Å²) in [6.07, 6.45) is 6.93. The summed E-state index contributed by atoms with van der Waals surface area (Å²) in [6.45, 7) is 4.57. The van der Waals surface area contributed by atoms with Crippen LogP contribution in [0.3, 0.4) is 0 Å². The molecular weight excluding hydrogens is 162 g/mol. The molecule has 0 amide bonds. The molecule has 3 atom stereocenters. The van der Waals surface area contributed by atoms with Crippen LogP contribution in [0.5, 0.6) is 0 Å². The van der Waals surface area contributed by atoms with E-state index < -0.39 is 0 Å². The second kappa shape index (κ2) is 3.10. The minimum atomic E-state index is -0.00637. The lowest BCUT2D eigenvalue weighted by Gasteiger charge is -2.36. The normalized spacial score (nSPS) is 42.2. The zero-order valence-corrected chi connectivity index (χ0v) is 8.46. The van der Waals surface area contributed by atoms with Crippen LogP contribution in [0.1, 0.15) is 26.7 Å². The Kier molecular flexibility index (Phi) is 2.20. The van der Waals surface area contributed by atoms with E-state index in [2.05, 4.69) is 31.3 Å². The molecule has 2 bridgehead atoms. The van der Waals surface area contributed by atoms with Gasteiger partial charge in [0.05, 0.1) is 6.61 Å². The smallest absolute Gasteiger partial charge is 0.0619 e. The van der Waals surface area contributed by atoms with Crippen molar-refractivity contribution >= 4 is 0 Å². The van der Waals surface area contributed by atoms with E-state index in [0.29, 0.717) is 17.9 Å². The number of rotatable bonds is 3. The predicted molar refractivity (Wildman–Crippen MR) is 53.4 cm³/mol. The average molecular weight is 181 g/mol. The Hall–Kier alpha value is -0.340. The Bertz CT molecular complexity index is 224. The van der Waals surface area contributed by atoms with Gasteiger partial charge >= 0.3 is 0 Å². The molecule has 1 saturated carbocycles. The van der Waals surface area contributed by atoms with Crippen LogP contribution in [0, 0.1) is 11.8 Å². The summed E-state index contributed by atoms with van der Waals surface area (Å²) in [5.41, 5.74) is -0.00637. The maximum absolute atomic E-state index is 9.49. The van der Waals surface area contributed by atoms with Gasteiger partial charge in [-0.2, -0.15) is 0 Å². The molecule has 0 aliphatic heterocycles. The molecule has 2 N–H and O–H groups in total. The van der Waals surface area contributed by atoms with Gasteiger partial charge in [-0.05, 0) is 24.7 Å². The monoisotopic (exact) mass is 181 g/mol. The third-order valence-electron chi connectivity index (χ3n) is 3.37. The molecule has 0 saturated heterocycles. The van der Waals surface area contributed by atoms with E-state index in [9.17, 15) is 5.11 Å². The van der Waals surface area contributed by atoms with Crippen LogP contribution in [0.4, 0.5) is 0 Å². The molecule has 0 radical (unpaired) electrons. The van der Waals surface area contributed by atoms with Crippen molar-refractivity contribution in [3.8, 4) is 0 Å². The molecule has 13 heavy (non-hydrogen) atoms. The summed E-state index contributed by atoms with van der Waals surface area (Å²) in [6, 6.07) is 0.458. The maximum atomic E-state index is 9.49. The zero-order valence-electron chi connectivity index (χ0n) is 8.46. The largest absolute Gasteiger partial charge is 0.394 e. The van der Waals surface area contributed by atoms with Crippen LogP contribution in [0.15, 0.2) is 12.2 Å². The van der Waals surface area contributed by atoms with E-state index >= 15 is 0 Å². The lowest BCUT2D eigenvalue weighted by molar-refractivity contribution is 0.127. The van der Waals surface area contributed by atoms with Crippen molar-refractivity contribution < 1.29 is 5.11 Å². The summed E-state index contributed by atoms with van der Waals surface area (Å²) in [5, 5.41) is 13.0. The van der Waals surface area contributed by atoms with Gasteiger partial charge in [0, 0.05) is 11.6 Å². The molecule has 2 rings (SSSR count). The number of nitrogens with one attached hydrogen (secondary N) is 1. The fourth-order valence-corrected chi connectivity index (χ4v) is 2.92. The fourth-order valence-electron chi connectivity index (χ4n) is 2.92. The maximum Gasteiger partial charge on any atom is 0.0619 e. The molecule has 2 heteroatoms. The van der Waals surface area contributed by atoms with Crippen molar-refractivity contribution in [1.82, 2.24) is 5.32 Å². The van der Waals surface area contributed by atoms with E-state index in [0.717, 1.165) is 6.42 Å². The average Bonchev–Trinajstić information content (AvgIpc) is 2.62. The van der Waals surface area contributed by atoms with Gasteiger partial charge in [0.1, 0.15) is 0 Å². The number of hydrogen-bond donors (Lipinski definition) is 2. The van der Waals surface area contributed by atoms with Gasteiger partial charge in [0.25, 0.3) is 0 Å². The first-order valence-corrected chi connectivity index (χ1v) is 5.23. The Morgan fingerprint density at radius 3 is 2.69 bits per heavy atom. The van der Waals surface area contributed by atoms with E-state index in [1.54, 1.807) is 0 Å². The van der Waals surface area contributed by atoms with Gasteiger partial charge in [0.2, 0.25) is 0 Å². The number of fused-ring (bicyclic) bond motifs is 2. The molecule has 74 valence electrons. The highest BCUT2D eigenvalue weighted by molar-refractivity contribution is 5.19. The van der Waals surface area contributed by atoms with Crippen molar-refractivity contribution in [2.45, 2.75) is 38.3 Å². The summed E-state index contributed by atoms with van der Waals surface area (Å²) < 4.78 is 0. The molecule has 0 aromatic carbocycles. The van der Waals surface area contributed by atoms with Crippen molar-refractivity contribution in [3.05, 3.63) is 12.2 Å². The highest BCUT2D eigenvalue weighted by Gasteiger charge is 2.47. The highest BCUT2D eigenvalue weighted by atomic mass is 16.3. The molecule has 0 aromatic rings. The molecule has 0 unspecified atom stereocenters. The lowest BCUT2D eigenvalue weighted by Crippen LogP contribution is -2.54. The number of allylic oxidation sites excluding steroid dienone is 1. The minimum Gasteiger partial charge on any atom is -0.394 e. The van der Waals surface area contributed by atoms with Gasteiger partial charge in [-0.25, -0.2) is 0 Å². The number of hydrogen-bond acceptors (Lipinski definition) is 2. The summed E-state index contributed by atoms with van der Waals surface area (Å²) in [7, 11) is 0. The molecule has 2 aliphatic rings. The van der Waals surface area contributed by atoms with E-state index in [1.807, 2.05) is 0 Å². The first-order valence-electron chi connectivity index (χ1n) is 5.23. The highest BCUT2D eigenvalue weighted by Crippen LogP contribution is 2.46. The Morgan fingerprint density at radius 2 is 2.31 bits per heavy atom. The quantitative estimate of drug-likeness (QED) is 0.643. The van der Waals surface area contributed by atoms with E-state index in [-0.39, 0.29) is 12.1 Å². The predicted octanol–water partition coefficient (Wildman–Crippen LogP) is 1.31. The molecule has 0 spiro atoms. The van der Waals surface area contributed by atoms with Crippen LogP contribution in [-0.4, -0.2) is 23.3 Å². The molecule has 0 aromatic heterocycles. The van der Waals surface area contributed by atoms with Crippen molar-refractivity contribution in [2.24, 2.45) is 11.8 Å². The number of aliphatic hydroxyl groups is 1. The third-order valence-corrected chi connectivity index (χ3v) is 3.37. The summed E-state index contributed by atoms with van der Waals surface area (Å²) in [4.78, 5) is 0. The summed E-state index contributed by atoms with van der Waals surface area (Å²) in [5.74, 6) is 1.27. The fraction of sp³-hybridized carbons (Fsp3) is 0.818. The first kappa shape index (κ1) is 9.22. The van der Waals surface area contributed by atoms with Crippen LogP contribution >= 0.6 is 0 Å². The van der Waals surface area contributed by atoms with Crippen molar-refractivity contribution in [1.29, 1.82) is 0 Å². The SMILES string of the molecule is CC(C)N[C@@]1(CO)C[C@H]2C=C[C@@H]1C2. The van der Waals surface area contributed by atoms with E-state index in [1.165, 1.54) is 6.42 Å². The van der Waals surface area contributed by atoms with Gasteiger partial charge < -0.3 is 10.4 Å². The molecule has 0 heterocycles. The molecule has 1 fully saturated rings. The van der Waals surface area contributed by atoms with Crippen LogP contribution in [-0.2, 0) is 0 Å². The topological polar surface area (TPSA) is 32.3 Å².